The number of aliphatic hydroxyl groups excluding tert-OH is 1. The molecule has 1 fully saturated rings. The summed E-state index contributed by atoms with van der Waals surface area (Å²) in [6.07, 6.45) is 5.64. The highest BCUT2D eigenvalue weighted by Crippen LogP contribution is 2.41. The lowest BCUT2D eigenvalue weighted by molar-refractivity contribution is 0.175. The Balaban J connectivity index is 1.36. The van der Waals surface area contributed by atoms with Crippen LogP contribution in [0.4, 0.5) is 4.79 Å². The topological polar surface area (TPSA) is 98.8 Å². The number of β-amino-alcohol motifs (C(OH)–C–C–N with tert-alkyl or cyclic N) is 1. The minimum absolute atomic E-state index is 0.00491. The largest absolute Gasteiger partial charge is 0.490 e. The maximum atomic E-state index is 12.4. The first-order valence-electron chi connectivity index (χ1n) is 12.2. The second kappa shape index (κ2) is 10.2. The monoisotopic (exact) mass is 500 g/mol. The molecule has 1 aliphatic carbocycles. The van der Waals surface area contributed by atoms with Gasteiger partial charge in [0.15, 0.2) is 0 Å². The summed E-state index contributed by atoms with van der Waals surface area (Å²) in [5.41, 5.74) is 5.01. The Morgan fingerprint density at radius 1 is 1.33 bits per heavy atom. The molecule has 184 valence electrons. The van der Waals surface area contributed by atoms with E-state index in [1.807, 2.05) is 44.3 Å². The van der Waals surface area contributed by atoms with Crippen LogP contribution in [-0.4, -0.2) is 52.5 Å². The smallest absolute Gasteiger partial charge is 0.343 e. The molecule has 2 heterocycles. The molecule has 3 aromatic rings. The predicted molar refractivity (Wildman–Crippen MR) is 141 cm³/mol. The van der Waals surface area contributed by atoms with E-state index in [1.165, 1.54) is 11.1 Å². The number of ether oxygens (including phenoxy) is 1. The highest BCUT2D eigenvalue weighted by molar-refractivity contribution is 7.18. The minimum Gasteiger partial charge on any atom is -0.490 e. The Hall–Kier alpha value is -3.54. The number of nitriles is 1. The summed E-state index contributed by atoms with van der Waals surface area (Å²) < 4.78 is 5.75. The molecule has 36 heavy (non-hydrogen) atoms. The first kappa shape index (κ1) is 24.2. The Kier molecular flexibility index (Phi) is 6.86. The number of aliphatic hydroxyl groups is 1. The number of aromatic nitrogens is 1. The zero-order valence-corrected chi connectivity index (χ0v) is 21.2. The van der Waals surface area contributed by atoms with Gasteiger partial charge in [0.05, 0.1) is 22.6 Å². The van der Waals surface area contributed by atoms with Crippen molar-refractivity contribution < 1.29 is 14.6 Å². The molecule has 0 bridgehead atoms. The lowest BCUT2D eigenvalue weighted by Crippen LogP contribution is -2.27. The number of amides is 2. The fourth-order valence-corrected chi connectivity index (χ4v) is 5.83. The van der Waals surface area contributed by atoms with Gasteiger partial charge in [-0.3, -0.25) is 0 Å². The van der Waals surface area contributed by atoms with Crippen LogP contribution in [0.15, 0.2) is 47.6 Å². The first-order chi connectivity index (χ1) is 17.4. The van der Waals surface area contributed by atoms with Crippen LogP contribution in [0.1, 0.15) is 49.3 Å². The van der Waals surface area contributed by atoms with Crippen molar-refractivity contribution in [3.8, 4) is 32.8 Å². The highest BCUT2D eigenvalue weighted by atomic mass is 32.1. The van der Waals surface area contributed by atoms with E-state index in [1.54, 1.807) is 22.5 Å². The number of carbonyl (C=O) groups excluding carboxylic acids is 1. The van der Waals surface area contributed by atoms with Crippen LogP contribution in [0, 0.1) is 11.3 Å². The van der Waals surface area contributed by atoms with E-state index in [4.69, 9.17) is 4.74 Å². The van der Waals surface area contributed by atoms with E-state index >= 15 is 0 Å². The Morgan fingerprint density at radius 3 is 2.94 bits per heavy atom. The third-order valence-electron chi connectivity index (χ3n) is 6.60. The second-order valence-corrected chi connectivity index (χ2v) is 10.5. The van der Waals surface area contributed by atoms with Gasteiger partial charge in [-0.2, -0.15) is 5.26 Å². The molecule has 1 N–H and O–H groups in total. The number of carbonyl (C=O) groups is 1. The molecule has 2 aromatic carbocycles. The van der Waals surface area contributed by atoms with E-state index in [-0.39, 0.29) is 18.1 Å². The van der Waals surface area contributed by atoms with Crippen LogP contribution in [0.5, 0.6) is 5.75 Å². The molecule has 2 aliphatic rings. The number of nitrogens with zero attached hydrogens (tertiary/aromatic N) is 4. The van der Waals surface area contributed by atoms with Crippen molar-refractivity contribution in [3.05, 3.63) is 59.3 Å². The Bertz CT molecular complexity index is 1360. The van der Waals surface area contributed by atoms with Crippen molar-refractivity contribution >= 4 is 23.6 Å². The van der Waals surface area contributed by atoms with Gasteiger partial charge in [0.1, 0.15) is 16.8 Å². The summed E-state index contributed by atoms with van der Waals surface area (Å²) in [6.45, 7) is 4.79. The van der Waals surface area contributed by atoms with Crippen LogP contribution >= 0.6 is 11.3 Å². The fraction of sp³-hybridized carbons (Fsp3) is 0.357. The van der Waals surface area contributed by atoms with E-state index in [0.29, 0.717) is 30.8 Å². The fourth-order valence-electron chi connectivity index (χ4n) is 4.86. The van der Waals surface area contributed by atoms with Crippen molar-refractivity contribution in [2.45, 2.75) is 51.2 Å². The quantitative estimate of drug-likeness (QED) is 0.472. The summed E-state index contributed by atoms with van der Waals surface area (Å²) in [4.78, 5) is 23.9. The van der Waals surface area contributed by atoms with E-state index in [2.05, 4.69) is 28.2 Å². The van der Waals surface area contributed by atoms with Gasteiger partial charge in [-0.25, -0.2) is 14.8 Å². The number of hydrogen-bond acceptors (Lipinski definition) is 6. The zero-order chi connectivity index (χ0) is 25.2. The standard InChI is InChI=1S/C28H28N4O3S/c1-17(2)35-25-9-7-18(12-20(25)13-29)27-30-15-26(36-27)24-5-3-4-22-19(6-8-23(22)24)14-31-28(34)32-11-10-21(33)16-32/h3-5,7,9,12,14-15,17,19,21,33H,6,8,10-11,16H2,1-2H3/b31-14+/t19?,21-/m1/s1. The third kappa shape index (κ3) is 4.90. The van der Waals surface area contributed by atoms with Gasteiger partial charge in [-0.15, -0.1) is 11.3 Å². The van der Waals surface area contributed by atoms with Gasteiger partial charge in [0.25, 0.3) is 0 Å². The molecule has 1 aromatic heterocycles. The molecular formula is C28H28N4O3S. The lowest BCUT2D eigenvalue weighted by atomic mass is 9.99. The Labute approximate surface area is 214 Å². The van der Waals surface area contributed by atoms with Crippen molar-refractivity contribution in [2.75, 3.05) is 13.1 Å². The maximum Gasteiger partial charge on any atom is 0.343 e. The van der Waals surface area contributed by atoms with E-state index in [0.717, 1.165) is 33.9 Å². The van der Waals surface area contributed by atoms with Gasteiger partial charge in [-0.1, -0.05) is 18.2 Å². The molecule has 0 saturated carbocycles. The highest BCUT2D eigenvalue weighted by Gasteiger charge is 2.27. The number of urea groups is 1. The number of rotatable bonds is 5. The molecule has 7 nitrogen and oxygen atoms in total. The number of likely N-dealkylation sites (tertiary alicyclic amines) is 1. The van der Waals surface area contributed by atoms with Crippen molar-refractivity contribution in [1.29, 1.82) is 5.26 Å². The molecule has 1 aliphatic heterocycles. The van der Waals surface area contributed by atoms with Crippen molar-refractivity contribution in [2.24, 2.45) is 4.99 Å². The number of aliphatic imine (C=N–C) groups is 1. The molecule has 2 amide bonds. The SMILES string of the molecule is CC(C)Oc1ccc(-c2ncc(-c3cccc4c3CCC4/C=N/C(=O)N3CC[C@@H](O)C3)s2)cc1C#N. The molecular weight excluding hydrogens is 472 g/mol. The van der Waals surface area contributed by atoms with Crippen molar-refractivity contribution in [1.82, 2.24) is 9.88 Å². The molecule has 2 atom stereocenters. The average Bonchev–Trinajstić information content (AvgIpc) is 3.62. The van der Waals surface area contributed by atoms with E-state index < -0.39 is 6.10 Å². The van der Waals surface area contributed by atoms with Crippen molar-refractivity contribution in [3.63, 3.8) is 0 Å². The summed E-state index contributed by atoms with van der Waals surface area (Å²) >= 11 is 1.60. The van der Waals surface area contributed by atoms with Gasteiger partial charge in [-0.05, 0) is 68.0 Å². The predicted octanol–water partition coefficient (Wildman–Crippen LogP) is 5.42. The number of hydrogen-bond donors (Lipinski definition) is 1. The second-order valence-electron chi connectivity index (χ2n) is 9.49. The average molecular weight is 501 g/mol. The summed E-state index contributed by atoms with van der Waals surface area (Å²) in [5, 5.41) is 20.1. The lowest BCUT2D eigenvalue weighted by Gasteiger charge is -2.12. The number of benzene rings is 2. The maximum absolute atomic E-state index is 12.4. The van der Waals surface area contributed by atoms with Crippen LogP contribution in [-0.2, 0) is 6.42 Å². The van der Waals surface area contributed by atoms with Crippen LogP contribution < -0.4 is 4.74 Å². The number of thiazole rings is 1. The number of fused-ring (bicyclic) bond motifs is 1. The minimum atomic E-state index is -0.444. The molecule has 5 rings (SSSR count). The Morgan fingerprint density at radius 2 is 2.19 bits per heavy atom. The van der Waals surface area contributed by atoms with Gasteiger partial charge < -0.3 is 14.7 Å². The van der Waals surface area contributed by atoms with Crippen LogP contribution in [0.25, 0.3) is 21.0 Å². The zero-order valence-electron chi connectivity index (χ0n) is 20.3. The van der Waals surface area contributed by atoms with E-state index in [9.17, 15) is 15.2 Å². The molecule has 1 saturated heterocycles. The van der Waals surface area contributed by atoms with Gasteiger partial charge >= 0.3 is 6.03 Å². The normalized spacial score (nSPS) is 19.1. The molecule has 0 spiro atoms. The van der Waals surface area contributed by atoms with Gasteiger partial charge in [0, 0.05) is 37.0 Å². The van der Waals surface area contributed by atoms with Crippen LogP contribution in [0.2, 0.25) is 0 Å². The molecule has 1 unspecified atom stereocenters. The van der Waals surface area contributed by atoms with Gasteiger partial charge in [0.2, 0.25) is 0 Å². The summed E-state index contributed by atoms with van der Waals surface area (Å²) in [7, 11) is 0. The summed E-state index contributed by atoms with van der Waals surface area (Å²) in [6, 6.07) is 13.8. The molecule has 0 radical (unpaired) electrons. The summed E-state index contributed by atoms with van der Waals surface area (Å²) in [5.74, 6) is 0.677. The molecule has 8 heteroatoms. The third-order valence-corrected chi connectivity index (χ3v) is 7.68. The first-order valence-corrected chi connectivity index (χ1v) is 13.0. The van der Waals surface area contributed by atoms with Crippen LogP contribution in [0.3, 0.4) is 0 Å².